The van der Waals surface area contributed by atoms with Gasteiger partial charge in [0.05, 0.1) is 16.7 Å². The molecule has 5 nitrogen and oxygen atoms in total. The van der Waals surface area contributed by atoms with Gasteiger partial charge in [-0.3, -0.25) is 0 Å². The van der Waals surface area contributed by atoms with E-state index in [0.717, 1.165) is 19.3 Å². The molecule has 2 N–H and O–H groups in total. The summed E-state index contributed by atoms with van der Waals surface area (Å²) in [7, 11) is 0. The second kappa shape index (κ2) is 6.54. The third kappa shape index (κ3) is 3.70. The number of ether oxygens (including phenoxy) is 1. The van der Waals surface area contributed by atoms with Gasteiger partial charge in [0.2, 0.25) is 0 Å². The molecule has 0 atom stereocenters. The molecule has 2 rings (SSSR count). The standard InChI is InChI=1S/C14H19BrN2O3/c1-2-20-13(18)12-10(15)4-5-11(17-12)16-9-8-14(19)6-3-7-14/h4-5,19H,2-3,6-9H2,1H3,(H,16,17). The summed E-state index contributed by atoms with van der Waals surface area (Å²) in [6.07, 6.45) is 3.53. The van der Waals surface area contributed by atoms with E-state index in [1.165, 1.54) is 0 Å². The third-order valence-corrected chi connectivity index (χ3v) is 4.14. The van der Waals surface area contributed by atoms with Gasteiger partial charge in [0, 0.05) is 6.54 Å². The van der Waals surface area contributed by atoms with Crippen molar-refractivity contribution >= 4 is 27.7 Å². The predicted octanol–water partition coefficient (Wildman–Crippen LogP) is 2.74. The number of anilines is 1. The first-order valence-corrected chi connectivity index (χ1v) is 7.63. The summed E-state index contributed by atoms with van der Waals surface area (Å²) < 4.78 is 5.56. The van der Waals surface area contributed by atoms with Crippen LogP contribution in [0.1, 0.15) is 43.1 Å². The van der Waals surface area contributed by atoms with Gasteiger partial charge in [-0.15, -0.1) is 0 Å². The highest BCUT2D eigenvalue weighted by atomic mass is 79.9. The molecule has 1 heterocycles. The first-order chi connectivity index (χ1) is 9.54. The molecule has 0 aromatic carbocycles. The maximum Gasteiger partial charge on any atom is 0.358 e. The van der Waals surface area contributed by atoms with Crippen molar-refractivity contribution in [1.29, 1.82) is 0 Å². The van der Waals surface area contributed by atoms with E-state index in [4.69, 9.17) is 4.74 Å². The summed E-state index contributed by atoms with van der Waals surface area (Å²) in [5, 5.41) is 13.1. The van der Waals surface area contributed by atoms with Gasteiger partial charge in [0.15, 0.2) is 5.69 Å². The highest BCUT2D eigenvalue weighted by Crippen LogP contribution is 2.34. The average Bonchev–Trinajstić information content (AvgIpc) is 2.39. The highest BCUT2D eigenvalue weighted by molar-refractivity contribution is 9.10. The van der Waals surface area contributed by atoms with E-state index in [2.05, 4.69) is 26.2 Å². The summed E-state index contributed by atoms with van der Waals surface area (Å²) in [4.78, 5) is 16.0. The number of aromatic nitrogens is 1. The number of esters is 1. The fourth-order valence-corrected chi connectivity index (χ4v) is 2.52. The van der Waals surface area contributed by atoms with E-state index in [1.807, 2.05) is 0 Å². The number of rotatable bonds is 6. The number of nitrogens with one attached hydrogen (secondary N) is 1. The molecule has 6 heteroatoms. The Bertz CT molecular complexity index is 489. The van der Waals surface area contributed by atoms with Crippen LogP contribution in [0.25, 0.3) is 0 Å². The van der Waals surface area contributed by atoms with Gasteiger partial charge in [0.1, 0.15) is 5.82 Å². The molecule has 20 heavy (non-hydrogen) atoms. The van der Waals surface area contributed by atoms with Crippen LogP contribution in [0.15, 0.2) is 16.6 Å². The summed E-state index contributed by atoms with van der Waals surface area (Å²) in [6, 6.07) is 3.55. The molecule has 110 valence electrons. The molecule has 1 aliphatic rings. The number of halogens is 1. The lowest BCUT2D eigenvalue weighted by Gasteiger charge is -2.36. The molecule has 1 aliphatic carbocycles. The van der Waals surface area contributed by atoms with Crippen molar-refractivity contribution in [2.75, 3.05) is 18.5 Å². The Morgan fingerprint density at radius 3 is 2.90 bits per heavy atom. The fraction of sp³-hybridized carbons (Fsp3) is 0.571. The van der Waals surface area contributed by atoms with Crippen LogP contribution in [0, 0.1) is 0 Å². The Balaban J connectivity index is 1.94. The van der Waals surface area contributed by atoms with Crippen molar-refractivity contribution in [3.05, 3.63) is 22.3 Å². The molecule has 0 spiro atoms. The zero-order chi connectivity index (χ0) is 14.6. The van der Waals surface area contributed by atoms with E-state index >= 15 is 0 Å². The van der Waals surface area contributed by atoms with Gasteiger partial charge in [0.25, 0.3) is 0 Å². The summed E-state index contributed by atoms with van der Waals surface area (Å²) in [5.74, 6) is 0.167. The van der Waals surface area contributed by atoms with Gasteiger partial charge in [-0.25, -0.2) is 9.78 Å². The summed E-state index contributed by atoms with van der Waals surface area (Å²) in [5.41, 5.74) is -0.244. The maximum absolute atomic E-state index is 11.7. The Hall–Kier alpha value is -1.14. The van der Waals surface area contributed by atoms with Crippen LogP contribution in [0.2, 0.25) is 0 Å². The van der Waals surface area contributed by atoms with Crippen LogP contribution in [0.3, 0.4) is 0 Å². The number of carbonyl (C=O) groups excluding carboxylic acids is 1. The minimum absolute atomic E-state index is 0.263. The predicted molar refractivity (Wildman–Crippen MR) is 79.8 cm³/mol. The summed E-state index contributed by atoms with van der Waals surface area (Å²) >= 11 is 3.29. The molecule has 0 aliphatic heterocycles. The smallest absolute Gasteiger partial charge is 0.358 e. The van der Waals surface area contributed by atoms with E-state index in [9.17, 15) is 9.90 Å². The third-order valence-electron chi connectivity index (χ3n) is 3.50. The summed E-state index contributed by atoms with van der Waals surface area (Å²) in [6.45, 7) is 2.71. The quantitative estimate of drug-likeness (QED) is 0.777. The molecule has 0 unspecified atom stereocenters. The van der Waals surface area contributed by atoms with Crippen molar-refractivity contribution in [1.82, 2.24) is 4.98 Å². The lowest BCUT2D eigenvalue weighted by atomic mass is 9.78. The van der Waals surface area contributed by atoms with E-state index in [0.29, 0.717) is 29.9 Å². The Labute approximate surface area is 126 Å². The Morgan fingerprint density at radius 1 is 1.55 bits per heavy atom. The molecule has 0 amide bonds. The van der Waals surface area contributed by atoms with Crippen LogP contribution in [-0.4, -0.2) is 34.8 Å². The van der Waals surface area contributed by atoms with Gasteiger partial charge in [-0.05, 0) is 60.7 Å². The molecule has 1 fully saturated rings. The monoisotopic (exact) mass is 342 g/mol. The van der Waals surface area contributed by atoms with Gasteiger partial charge < -0.3 is 15.2 Å². The Kier molecular flexibility index (Phi) is 4.99. The van der Waals surface area contributed by atoms with Gasteiger partial charge >= 0.3 is 5.97 Å². The first-order valence-electron chi connectivity index (χ1n) is 6.84. The van der Waals surface area contributed by atoms with Crippen molar-refractivity contribution in [2.24, 2.45) is 0 Å². The first kappa shape index (κ1) is 15.3. The van der Waals surface area contributed by atoms with E-state index < -0.39 is 11.6 Å². The minimum atomic E-state index is -0.508. The molecule has 1 saturated carbocycles. The van der Waals surface area contributed by atoms with Crippen molar-refractivity contribution in [3.63, 3.8) is 0 Å². The van der Waals surface area contributed by atoms with Gasteiger partial charge in [-0.2, -0.15) is 0 Å². The number of pyridine rings is 1. The van der Waals surface area contributed by atoms with Crippen LogP contribution in [0.4, 0.5) is 5.82 Å². The average molecular weight is 343 g/mol. The largest absolute Gasteiger partial charge is 0.461 e. The van der Waals surface area contributed by atoms with E-state index in [-0.39, 0.29) is 5.69 Å². The van der Waals surface area contributed by atoms with E-state index in [1.54, 1.807) is 19.1 Å². The molecule has 0 radical (unpaired) electrons. The topological polar surface area (TPSA) is 71.5 Å². The van der Waals surface area contributed by atoms with Crippen LogP contribution in [-0.2, 0) is 4.74 Å². The van der Waals surface area contributed by atoms with Crippen molar-refractivity contribution < 1.29 is 14.6 Å². The normalized spacial score (nSPS) is 16.4. The van der Waals surface area contributed by atoms with Crippen LogP contribution < -0.4 is 5.32 Å². The maximum atomic E-state index is 11.7. The zero-order valence-corrected chi connectivity index (χ0v) is 13.1. The van der Waals surface area contributed by atoms with Crippen molar-refractivity contribution in [3.8, 4) is 0 Å². The molecular weight excluding hydrogens is 324 g/mol. The molecule has 0 saturated heterocycles. The number of aliphatic hydroxyl groups is 1. The Morgan fingerprint density at radius 2 is 2.30 bits per heavy atom. The molecule has 1 aromatic heterocycles. The number of hydrogen-bond donors (Lipinski definition) is 2. The van der Waals surface area contributed by atoms with Crippen LogP contribution >= 0.6 is 15.9 Å². The number of nitrogens with zero attached hydrogens (tertiary/aromatic N) is 1. The second-order valence-corrected chi connectivity index (χ2v) is 5.86. The molecule has 1 aromatic rings. The van der Waals surface area contributed by atoms with Gasteiger partial charge in [-0.1, -0.05) is 0 Å². The van der Waals surface area contributed by atoms with Crippen LogP contribution in [0.5, 0.6) is 0 Å². The second-order valence-electron chi connectivity index (χ2n) is 5.00. The lowest BCUT2D eigenvalue weighted by molar-refractivity contribution is -0.0370. The SMILES string of the molecule is CCOC(=O)c1nc(NCCC2(O)CCC2)ccc1Br. The minimum Gasteiger partial charge on any atom is -0.461 e. The van der Waals surface area contributed by atoms with Crippen molar-refractivity contribution in [2.45, 2.75) is 38.2 Å². The molecule has 0 bridgehead atoms. The fourth-order valence-electron chi connectivity index (χ4n) is 2.14. The number of hydrogen-bond acceptors (Lipinski definition) is 5. The lowest BCUT2D eigenvalue weighted by Crippen LogP contribution is -2.38. The zero-order valence-electron chi connectivity index (χ0n) is 11.5. The highest BCUT2D eigenvalue weighted by Gasteiger charge is 2.33. The molecular formula is C14H19BrN2O3. The number of carbonyl (C=O) groups is 1.